The molecule has 1 aliphatic heterocycles. The molecule has 1 aliphatic rings. The van der Waals surface area contributed by atoms with Gasteiger partial charge in [-0.1, -0.05) is 6.92 Å². The SMILES string of the molecule is CCN(CC)C(=O)c1ccc(N2CCCC(C)C2)cn1. The predicted molar refractivity (Wildman–Crippen MR) is 82.1 cm³/mol. The van der Waals surface area contributed by atoms with Gasteiger partial charge in [-0.2, -0.15) is 0 Å². The van der Waals surface area contributed by atoms with Crippen molar-refractivity contribution in [2.24, 2.45) is 5.92 Å². The number of hydrogen-bond acceptors (Lipinski definition) is 3. The standard InChI is InChI=1S/C16H25N3O/c1-4-18(5-2)16(20)15-9-8-14(11-17-15)19-10-6-7-13(3)12-19/h8-9,11,13H,4-7,10,12H2,1-3H3. The molecule has 1 amide bonds. The Hall–Kier alpha value is -1.58. The van der Waals surface area contributed by atoms with Crippen LogP contribution < -0.4 is 4.90 Å². The molecule has 1 fully saturated rings. The van der Waals surface area contributed by atoms with Gasteiger partial charge in [0.15, 0.2) is 0 Å². The first kappa shape index (κ1) is 14.8. The van der Waals surface area contributed by atoms with Gasteiger partial charge in [0.05, 0.1) is 11.9 Å². The normalized spacial score (nSPS) is 18.9. The second-order valence-electron chi connectivity index (χ2n) is 5.57. The first-order valence-electron chi connectivity index (χ1n) is 7.66. The van der Waals surface area contributed by atoms with E-state index in [1.54, 1.807) is 4.90 Å². The van der Waals surface area contributed by atoms with Crippen LogP contribution in [-0.4, -0.2) is 42.0 Å². The topological polar surface area (TPSA) is 36.4 Å². The van der Waals surface area contributed by atoms with E-state index in [1.165, 1.54) is 12.8 Å². The molecule has 0 aromatic carbocycles. The molecule has 0 saturated carbocycles. The van der Waals surface area contributed by atoms with Gasteiger partial charge in [-0.3, -0.25) is 4.79 Å². The van der Waals surface area contributed by atoms with Crippen molar-refractivity contribution < 1.29 is 4.79 Å². The minimum atomic E-state index is 0.0218. The number of piperidine rings is 1. The van der Waals surface area contributed by atoms with Gasteiger partial charge in [0.2, 0.25) is 0 Å². The molecule has 1 atom stereocenters. The van der Waals surface area contributed by atoms with Gasteiger partial charge in [0.25, 0.3) is 5.91 Å². The fourth-order valence-electron chi connectivity index (χ4n) is 2.80. The zero-order valence-electron chi connectivity index (χ0n) is 12.8. The molecule has 1 aromatic heterocycles. The Morgan fingerprint density at radius 1 is 1.40 bits per heavy atom. The predicted octanol–water partition coefficient (Wildman–Crippen LogP) is 2.80. The van der Waals surface area contributed by atoms with Crippen LogP contribution in [0.25, 0.3) is 0 Å². The van der Waals surface area contributed by atoms with E-state index in [0.717, 1.165) is 37.8 Å². The van der Waals surface area contributed by atoms with E-state index in [2.05, 4.69) is 16.8 Å². The molecule has 0 N–H and O–H groups in total. The summed E-state index contributed by atoms with van der Waals surface area (Å²) < 4.78 is 0. The van der Waals surface area contributed by atoms with Crippen molar-refractivity contribution in [1.82, 2.24) is 9.88 Å². The maximum absolute atomic E-state index is 12.2. The number of amides is 1. The lowest BCUT2D eigenvalue weighted by Crippen LogP contribution is -2.34. The zero-order chi connectivity index (χ0) is 14.5. The van der Waals surface area contributed by atoms with E-state index in [0.29, 0.717) is 5.69 Å². The third kappa shape index (κ3) is 3.30. The molecule has 20 heavy (non-hydrogen) atoms. The van der Waals surface area contributed by atoms with E-state index in [9.17, 15) is 4.79 Å². The number of rotatable bonds is 4. The maximum atomic E-state index is 12.2. The van der Waals surface area contributed by atoms with Crippen LogP contribution >= 0.6 is 0 Å². The summed E-state index contributed by atoms with van der Waals surface area (Å²) in [4.78, 5) is 20.7. The van der Waals surface area contributed by atoms with Crippen molar-refractivity contribution in [3.8, 4) is 0 Å². The van der Waals surface area contributed by atoms with E-state index >= 15 is 0 Å². The average molecular weight is 275 g/mol. The van der Waals surface area contributed by atoms with Crippen LogP contribution in [0.2, 0.25) is 0 Å². The number of aromatic nitrogens is 1. The summed E-state index contributed by atoms with van der Waals surface area (Å²) in [7, 11) is 0. The van der Waals surface area contributed by atoms with Crippen LogP contribution in [0.5, 0.6) is 0 Å². The van der Waals surface area contributed by atoms with E-state index < -0.39 is 0 Å². The summed E-state index contributed by atoms with van der Waals surface area (Å²) >= 11 is 0. The second kappa shape index (κ2) is 6.73. The quantitative estimate of drug-likeness (QED) is 0.848. The number of carbonyl (C=O) groups is 1. The summed E-state index contributed by atoms with van der Waals surface area (Å²) in [5.74, 6) is 0.759. The Morgan fingerprint density at radius 3 is 2.70 bits per heavy atom. The average Bonchev–Trinajstić information content (AvgIpc) is 2.48. The number of anilines is 1. The lowest BCUT2D eigenvalue weighted by Gasteiger charge is -2.32. The van der Waals surface area contributed by atoms with Crippen LogP contribution in [0.3, 0.4) is 0 Å². The van der Waals surface area contributed by atoms with Gasteiger partial charge in [-0.15, -0.1) is 0 Å². The molecule has 4 heteroatoms. The summed E-state index contributed by atoms with van der Waals surface area (Å²) in [5, 5.41) is 0. The second-order valence-corrected chi connectivity index (χ2v) is 5.57. The third-order valence-electron chi connectivity index (χ3n) is 4.04. The molecule has 110 valence electrons. The molecule has 1 aromatic rings. The fraction of sp³-hybridized carbons (Fsp3) is 0.625. The Kier molecular flexibility index (Phi) is 4.99. The maximum Gasteiger partial charge on any atom is 0.272 e. The summed E-state index contributed by atoms with van der Waals surface area (Å²) in [6.45, 7) is 9.90. The van der Waals surface area contributed by atoms with Gasteiger partial charge < -0.3 is 9.80 Å². The summed E-state index contributed by atoms with van der Waals surface area (Å²) in [6.07, 6.45) is 4.39. The molecule has 0 bridgehead atoms. The zero-order valence-corrected chi connectivity index (χ0v) is 12.8. The highest BCUT2D eigenvalue weighted by molar-refractivity contribution is 5.92. The van der Waals surface area contributed by atoms with Crippen molar-refractivity contribution in [1.29, 1.82) is 0 Å². The van der Waals surface area contributed by atoms with E-state index in [1.807, 2.05) is 32.2 Å². The Labute approximate surface area is 121 Å². The monoisotopic (exact) mass is 275 g/mol. The van der Waals surface area contributed by atoms with Gasteiger partial charge >= 0.3 is 0 Å². The van der Waals surface area contributed by atoms with Crippen LogP contribution in [0.15, 0.2) is 18.3 Å². The van der Waals surface area contributed by atoms with Crippen molar-refractivity contribution in [3.05, 3.63) is 24.0 Å². The molecule has 2 rings (SSSR count). The van der Waals surface area contributed by atoms with Gasteiger partial charge in [0.1, 0.15) is 5.69 Å². The molecule has 1 saturated heterocycles. The Morgan fingerprint density at radius 2 is 2.15 bits per heavy atom. The van der Waals surface area contributed by atoms with Gasteiger partial charge in [-0.25, -0.2) is 4.98 Å². The molecule has 0 radical (unpaired) electrons. The smallest absolute Gasteiger partial charge is 0.272 e. The molecule has 4 nitrogen and oxygen atoms in total. The Bertz CT molecular complexity index is 440. The van der Waals surface area contributed by atoms with Crippen molar-refractivity contribution >= 4 is 11.6 Å². The molecule has 0 aliphatic carbocycles. The molecule has 2 heterocycles. The highest BCUT2D eigenvalue weighted by Crippen LogP contribution is 2.22. The van der Waals surface area contributed by atoms with Crippen LogP contribution in [0.1, 0.15) is 44.1 Å². The molecular formula is C16H25N3O. The van der Waals surface area contributed by atoms with Crippen LogP contribution in [0, 0.1) is 5.92 Å². The van der Waals surface area contributed by atoms with E-state index in [4.69, 9.17) is 0 Å². The first-order valence-corrected chi connectivity index (χ1v) is 7.66. The molecule has 0 spiro atoms. The highest BCUT2D eigenvalue weighted by Gasteiger charge is 2.18. The van der Waals surface area contributed by atoms with Crippen molar-refractivity contribution in [2.45, 2.75) is 33.6 Å². The molecule has 1 unspecified atom stereocenters. The van der Waals surface area contributed by atoms with Gasteiger partial charge in [-0.05, 0) is 44.7 Å². The van der Waals surface area contributed by atoms with E-state index in [-0.39, 0.29) is 5.91 Å². The van der Waals surface area contributed by atoms with Gasteiger partial charge in [0, 0.05) is 26.2 Å². The lowest BCUT2D eigenvalue weighted by molar-refractivity contribution is 0.0767. The van der Waals surface area contributed by atoms with Crippen molar-refractivity contribution in [3.63, 3.8) is 0 Å². The largest absolute Gasteiger partial charge is 0.370 e. The summed E-state index contributed by atoms with van der Waals surface area (Å²) in [5.41, 5.74) is 1.68. The third-order valence-corrected chi connectivity index (χ3v) is 4.04. The minimum Gasteiger partial charge on any atom is -0.370 e. The van der Waals surface area contributed by atoms with Crippen LogP contribution in [0.4, 0.5) is 5.69 Å². The minimum absolute atomic E-state index is 0.0218. The number of hydrogen-bond donors (Lipinski definition) is 0. The lowest BCUT2D eigenvalue weighted by atomic mass is 10.00. The fourth-order valence-corrected chi connectivity index (χ4v) is 2.80. The van der Waals surface area contributed by atoms with Crippen molar-refractivity contribution in [2.75, 3.05) is 31.1 Å². The summed E-state index contributed by atoms with van der Waals surface area (Å²) in [6, 6.07) is 3.89. The first-order chi connectivity index (χ1) is 9.65. The highest BCUT2D eigenvalue weighted by atomic mass is 16.2. The number of nitrogens with zero attached hydrogens (tertiary/aromatic N) is 3. The Balaban J connectivity index is 2.07. The van der Waals surface area contributed by atoms with Crippen LogP contribution in [-0.2, 0) is 0 Å². The number of pyridine rings is 1. The number of carbonyl (C=O) groups excluding carboxylic acids is 1. The molecular weight excluding hydrogens is 250 g/mol.